The molecule has 2 rings (SSSR count). The number of hydrogen-bond donors (Lipinski definition) is 1. The van der Waals surface area contributed by atoms with Gasteiger partial charge in [0.2, 0.25) is 0 Å². The first-order valence-corrected chi connectivity index (χ1v) is 5.17. The van der Waals surface area contributed by atoms with Crippen LogP contribution in [0.4, 0.5) is 0 Å². The second-order valence-electron chi connectivity index (χ2n) is 3.14. The van der Waals surface area contributed by atoms with Crippen molar-refractivity contribution in [1.29, 1.82) is 0 Å². The second-order valence-corrected chi connectivity index (χ2v) is 3.98. The van der Waals surface area contributed by atoms with E-state index < -0.39 is 0 Å². The van der Waals surface area contributed by atoms with Gasteiger partial charge in [0, 0.05) is 21.2 Å². The van der Waals surface area contributed by atoms with Crippen molar-refractivity contribution >= 4 is 23.2 Å². The highest BCUT2D eigenvalue weighted by atomic mass is 35.5. The average Bonchev–Trinajstić information content (AvgIpc) is 2.23. The fourth-order valence-electron chi connectivity index (χ4n) is 1.41. The highest BCUT2D eigenvalue weighted by Crippen LogP contribution is 2.35. The predicted octanol–water partition coefficient (Wildman–Crippen LogP) is 4.37. The Bertz CT molecular complexity index is 495. The number of para-hydroxylation sites is 1. The molecule has 0 atom stereocenters. The first kappa shape index (κ1) is 10.3. The molecular weight excluding hydrogens is 231 g/mol. The lowest BCUT2D eigenvalue weighted by atomic mass is 10.0. The molecule has 0 radical (unpaired) electrons. The molecule has 2 aromatic carbocycles. The van der Waals surface area contributed by atoms with Crippen molar-refractivity contribution in [3.63, 3.8) is 0 Å². The van der Waals surface area contributed by atoms with E-state index in [1.165, 1.54) is 0 Å². The van der Waals surface area contributed by atoms with Gasteiger partial charge >= 0.3 is 0 Å². The SMILES string of the molecule is Oc1ccccc1-c1cc(Cl)ccc1Cl. The average molecular weight is 239 g/mol. The third-order valence-electron chi connectivity index (χ3n) is 2.12. The van der Waals surface area contributed by atoms with Crippen LogP contribution in [-0.4, -0.2) is 5.11 Å². The molecule has 0 saturated carbocycles. The number of hydrogen-bond acceptors (Lipinski definition) is 1. The van der Waals surface area contributed by atoms with Gasteiger partial charge in [-0.05, 0) is 24.3 Å². The van der Waals surface area contributed by atoms with Gasteiger partial charge in [-0.3, -0.25) is 0 Å². The van der Waals surface area contributed by atoms with Gasteiger partial charge in [-0.25, -0.2) is 0 Å². The Morgan fingerprint density at radius 3 is 2.33 bits per heavy atom. The maximum atomic E-state index is 9.68. The van der Waals surface area contributed by atoms with Gasteiger partial charge in [-0.2, -0.15) is 0 Å². The van der Waals surface area contributed by atoms with E-state index in [1.807, 2.05) is 6.07 Å². The summed E-state index contributed by atoms with van der Waals surface area (Å²) in [5.41, 5.74) is 1.42. The molecule has 76 valence electrons. The van der Waals surface area contributed by atoms with Crippen LogP contribution in [0.2, 0.25) is 10.0 Å². The second kappa shape index (κ2) is 4.13. The van der Waals surface area contributed by atoms with Crippen LogP contribution in [0.3, 0.4) is 0 Å². The minimum absolute atomic E-state index is 0.196. The normalized spacial score (nSPS) is 10.3. The highest BCUT2D eigenvalue weighted by Gasteiger charge is 2.07. The molecule has 0 aliphatic heterocycles. The first-order valence-electron chi connectivity index (χ1n) is 4.42. The van der Waals surface area contributed by atoms with Gasteiger partial charge in [0.05, 0.1) is 0 Å². The van der Waals surface area contributed by atoms with E-state index in [-0.39, 0.29) is 5.75 Å². The molecular formula is C12H8Cl2O. The van der Waals surface area contributed by atoms with Crippen molar-refractivity contribution in [3.05, 3.63) is 52.5 Å². The molecule has 0 unspecified atom stereocenters. The zero-order chi connectivity index (χ0) is 10.8. The van der Waals surface area contributed by atoms with E-state index in [9.17, 15) is 5.11 Å². The van der Waals surface area contributed by atoms with Gasteiger partial charge in [0.25, 0.3) is 0 Å². The van der Waals surface area contributed by atoms with Crippen molar-refractivity contribution in [1.82, 2.24) is 0 Å². The van der Waals surface area contributed by atoms with Gasteiger partial charge in [0.1, 0.15) is 5.75 Å². The van der Waals surface area contributed by atoms with Crippen molar-refractivity contribution in [2.24, 2.45) is 0 Å². The smallest absolute Gasteiger partial charge is 0.123 e. The Labute approximate surface area is 97.9 Å². The Hall–Kier alpha value is -1.18. The summed E-state index contributed by atoms with van der Waals surface area (Å²) in [6, 6.07) is 12.2. The highest BCUT2D eigenvalue weighted by molar-refractivity contribution is 6.35. The van der Waals surface area contributed by atoms with Gasteiger partial charge < -0.3 is 5.11 Å². The molecule has 0 aromatic heterocycles. The van der Waals surface area contributed by atoms with Crippen LogP contribution in [0.1, 0.15) is 0 Å². The third kappa shape index (κ3) is 2.09. The molecule has 3 heteroatoms. The fraction of sp³-hybridized carbons (Fsp3) is 0. The fourth-order valence-corrected chi connectivity index (χ4v) is 1.80. The summed E-state index contributed by atoms with van der Waals surface area (Å²) in [6.45, 7) is 0. The van der Waals surface area contributed by atoms with Crippen LogP contribution >= 0.6 is 23.2 Å². The number of benzene rings is 2. The molecule has 0 saturated heterocycles. The molecule has 0 fully saturated rings. The van der Waals surface area contributed by atoms with Crippen molar-refractivity contribution in [2.75, 3.05) is 0 Å². The molecule has 0 amide bonds. The lowest BCUT2D eigenvalue weighted by Gasteiger charge is -2.06. The third-order valence-corrected chi connectivity index (χ3v) is 2.69. The number of halogens is 2. The maximum absolute atomic E-state index is 9.68. The van der Waals surface area contributed by atoms with Crippen LogP contribution in [0.15, 0.2) is 42.5 Å². The van der Waals surface area contributed by atoms with Crippen molar-refractivity contribution in [2.45, 2.75) is 0 Å². The van der Waals surface area contributed by atoms with E-state index in [4.69, 9.17) is 23.2 Å². The van der Waals surface area contributed by atoms with Crippen molar-refractivity contribution < 1.29 is 5.11 Å². The Kier molecular flexibility index (Phi) is 2.85. The molecule has 2 aromatic rings. The molecule has 0 aliphatic rings. The van der Waals surface area contributed by atoms with Crippen LogP contribution in [0.5, 0.6) is 5.75 Å². The molecule has 0 aliphatic carbocycles. The summed E-state index contributed by atoms with van der Waals surface area (Å²) in [5, 5.41) is 10.8. The van der Waals surface area contributed by atoms with Gasteiger partial charge in [-0.1, -0.05) is 41.4 Å². The van der Waals surface area contributed by atoms with Gasteiger partial charge in [0.15, 0.2) is 0 Å². The van der Waals surface area contributed by atoms with Crippen molar-refractivity contribution in [3.8, 4) is 16.9 Å². The topological polar surface area (TPSA) is 20.2 Å². The Balaban J connectivity index is 2.64. The molecule has 1 N–H and O–H groups in total. The summed E-state index contributed by atoms with van der Waals surface area (Å²) >= 11 is 11.9. The molecule has 15 heavy (non-hydrogen) atoms. The Morgan fingerprint density at radius 1 is 0.867 bits per heavy atom. The molecule has 1 nitrogen and oxygen atoms in total. The summed E-state index contributed by atoms with van der Waals surface area (Å²) in [6.07, 6.45) is 0. The summed E-state index contributed by atoms with van der Waals surface area (Å²) < 4.78 is 0. The quantitative estimate of drug-likeness (QED) is 0.783. The summed E-state index contributed by atoms with van der Waals surface area (Å²) in [7, 11) is 0. The molecule has 0 bridgehead atoms. The number of rotatable bonds is 1. The molecule has 0 heterocycles. The Morgan fingerprint density at radius 2 is 1.60 bits per heavy atom. The number of aromatic hydroxyl groups is 1. The monoisotopic (exact) mass is 238 g/mol. The summed E-state index contributed by atoms with van der Waals surface area (Å²) in [5.74, 6) is 0.196. The standard InChI is InChI=1S/C12H8Cl2O/c13-8-5-6-11(14)10(7-8)9-3-1-2-4-12(9)15/h1-7,15H. The largest absolute Gasteiger partial charge is 0.507 e. The van der Waals surface area contributed by atoms with Crippen LogP contribution in [-0.2, 0) is 0 Å². The zero-order valence-electron chi connectivity index (χ0n) is 7.74. The minimum Gasteiger partial charge on any atom is -0.507 e. The lowest BCUT2D eigenvalue weighted by molar-refractivity contribution is 0.477. The number of phenolic OH excluding ortho intramolecular Hbond substituents is 1. The van der Waals surface area contributed by atoms with Crippen LogP contribution < -0.4 is 0 Å². The van der Waals surface area contributed by atoms with Crippen LogP contribution in [0, 0.1) is 0 Å². The van der Waals surface area contributed by atoms with E-state index >= 15 is 0 Å². The first-order chi connectivity index (χ1) is 7.18. The number of phenols is 1. The van der Waals surface area contributed by atoms with Crippen LogP contribution in [0.25, 0.3) is 11.1 Å². The molecule has 0 spiro atoms. The summed E-state index contributed by atoms with van der Waals surface area (Å²) in [4.78, 5) is 0. The van der Waals surface area contributed by atoms with E-state index in [2.05, 4.69) is 0 Å². The zero-order valence-corrected chi connectivity index (χ0v) is 9.26. The van der Waals surface area contributed by atoms with E-state index in [0.717, 1.165) is 5.56 Å². The predicted molar refractivity (Wildman–Crippen MR) is 63.6 cm³/mol. The minimum atomic E-state index is 0.196. The lowest BCUT2D eigenvalue weighted by Crippen LogP contribution is -1.80. The van der Waals surface area contributed by atoms with Gasteiger partial charge in [-0.15, -0.1) is 0 Å². The van der Waals surface area contributed by atoms with E-state index in [0.29, 0.717) is 15.6 Å². The van der Waals surface area contributed by atoms with E-state index in [1.54, 1.807) is 36.4 Å². The maximum Gasteiger partial charge on any atom is 0.123 e.